The zero-order valence-electron chi connectivity index (χ0n) is 13.0. The molecule has 5 nitrogen and oxygen atoms in total. The lowest BCUT2D eigenvalue weighted by molar-refractivity contribution is -0.0134. The summed E-state index contributed by atoms with van der Waals surface area (Å²) in [6, 6.07) is 1.05. The first-order valence-corrected chi connectivity index (χ1v) is 8.97. The van der Waals surface area contributed by atoms with E-state index in [4.69, 9.17) is 18.3 Å². The van der Waals surface area contributed by atoms with Gasteiger partial charge < -0.3 is 18.3 Å². The van der Waals surface area contributed by atoms with Gasteiger partial charge in [0.1, 0.15) is 13.5 Å². The minimum absolute atomic E-state index is 0.603. The van der Waals surface area contributed by atoms with E-state index in [0.29, 0.717) is 13.5 Å². The van der Waals surface area contributed by atoms with Crippen LogP contribution >= 0.6 is 0 Å². The molecule has 0 aromatic rings. The number of ether oxygens (including phenoxy) is 2. The smallest absolute Gasteiger partial charge is 0.321 e. The van der Waals surface area contributed by atoms with Crippen molar-refractivity contribution >= 4 is 9.28 Å². The van der Waals surface area contributed by atoms with Crippen molar-refractivity contribution in [2.24, 2.45) is 0 Å². The molecule has 0 unspecified atom stereocenters. The van der Waals surface area contributed by atoms with E-state index in [1.165, 1.54) is 0 Å². The van der Waals surface area contributed by atoms with Gasteiger partial charge in [-0.3, -0.25) is 4.90 Å². The molecule has 0 amide bonds. The van der Waals surface area contributed by atoms with Crippen LogP contribution in [0.1, 0.15) is 33.1 Å². The largest absolute Gasteiger partial charge is 0.397 e. The van der Waals surface area contributed by atoms with E-state index in [0.717, 1.165) is 45.1 Å². The highest BCUT2D eigenvalue weighted by molar-refractivity contribution is 6.44. The van der Waals surface area contributed by atoms with E-state index in [1.54, 1.807) is 14.2 Å². The second-order valence-corrected chi connectivity index (χ2v) is 6.65. The van der Waals surface area contributed by atoms with E-state index >= 15 is 0 Å². The number of methoxy groups -OCH3 is 2. The van der Waals surface area contributed by atoms with Crippen LogP contribution in [0.25, 0.3) is 0 Å². The van der Waals surface area contributed by atoms with Crippen LogP contribution < -0.4 is 0 Å². The predicted molar refractivity (Wildman–Crippen MR) is 79.5 cm³/mol. The van der Waals surface area contributed by atoms with Crippen LogP contribution in [-0.2, 0) is 18.3 Å². The van der Waals surface area contributed by atoms with Crippen LogP contribution in [0.5, 0.6) is 0 Å². The summed E-state index contributed by atoms with van der Waals surface area (Å²) >= 11 is 0. The maximum absolute atomic E-state index is 5.83. The van der Waals surface area contributed by atoms with Crippen LogP contribution in [0.15, 0.2) is 0 Å². The van der Waals surface area contributed by atoms with E-state index in [9.17, 15) is 0 Å². The molecule has 0 fully saturated rings. The summed E-state index contributed by atoms with van der Waals surface area (Å²) < 4.78 is 21.9. The molecule has 19 heavy (non-hydrogen) atoms. The summed E-state index contributed by atoms with van der Waals surface area (Å²) in [6.07, 6.45) is 3.17. The quantitative estimate of drug-likeness (QED) is 0.362. The van der Waals surface area contributed by atoms with Crippen LogP contribution in [0, 0.1) is 0 Å². The van der Waals surface area contributed by atoms with Gasteiger partial charge in [0.25, 0.3) is 0 Å². The molecule has 0 N–H and O–H groups in total. The SMILES string of the molecule is CCCO[SiH](CCCN(COC)COC)OCCC. The Balaban J connectivity index is 3.85. The van der Waals surface area contributed by atoms with Gasteiger partial charge in [-0.05, 0) is 25.3 Å². The number of rotatable bonds is 14. The highest BCUT2D eigenvalue weighted by atomic mass is 28.3. The lowest BCUT2D eigenvalue weighted by Crippen LogP contribution is -2.31. The Labute approximate surface area is 120 Å². The fraction of sp³-hybridized carbons (Fsp3) is 1.00. The third-order valence-corrected chi connectivity index (χ3v) is 4.65. The maximum atomic E-state index is 5.83. The molecule has 0 saturated carbocycles. The van der Waals surface area contributed by atoms with Gasteiger partial charge in [0.2, 0.25) is 0 Å². The van der Waals surface area contributed by atoms with Gasteiger partial charge in [-0.1, -0.05) is 13.8 Å². The van der Waals surface area contributed by atoms with E-state index in [-0.39, 0.29) is 0 Å². The summed E-state index contributed by atoms with van der Waals surface area (Å²) in [5.41, 5.74) is 0. The van der Waals surface area contributed by atoms with Gasteiger partial charge in [-0.2, -0.15) is 0 Å². The number of nitrogens with zero attached hydrogens (tertiary/aromatic N) is 1. The minimum Gasteiger partial charge on any atom is -0.397 e. The van der Waals surface area contributed by atoms with Gasteiger partial charge in [0.15, 0.2) is 0 Å². The lowest BCUT2D eigenvalue weighted by atomic mass is 10.4. The molecule has 0 atom stereocenters. The maximum Gasteiger partial charge on any atom is 0.321 e. The molecule has 0 aliphatic rings. The van der Waals surface area contributed by atoms with Crippen LogP contribution in [-0.4, -0.2) is 61.6 Å². The van der Waals surface area contributed by atoms with Crippen molar-refractivity contribution in [3.05, 3.63) is 0 Å². The van der Waals surface area contributed by atoms with Crippen LogP contribution in [0.3, 0.4) is 0 Å². The summed E-state index contributed by atoms with van der Waals surface area (Å²) in [5.74, 6) is 0. The summed E-state index contributed by atoms with van der Waals surface area (Å²) in [6.45, 7) is 8.06. The molecule has 0 aliphatic heterocycles. The first-order chi connectivity index (χ1) is 9.28. The zero-order valence-corrected chi connectivity index (χ0v) is 14.2. The summed E-state index contributed by atoms with van der Waals surface area (Å²) in [7, 11) is 1.93. The second-order valence-electron chi connectivity index (χ2n) is 4.54. The van der Waals surface area contributed by atoms with E-state index in [2.05, 4.69) is 18.7 Å². The van der Waals surface area contributed by atoms with Crippen molar-refractivity contribution in [1.82, 2.24) is 4.90 Å². The Morgan fingerprint density at radius 1 is 0.895 bits per heavy atom. The zero-order chi connectivity index (χ0) is 14.3. The molecule has 116 valence electrons. The fourth-order valence-electron chi connectivity index (χ4n) is 1.73. The second kappa shape index (κ2) is 14.4. The molecular formula is C13H31NO4Si. The molecule has 0 aromatic carbocycles. The molecular weight excluding hydrogens is 262 g/mol. The Hall–Kier alpha value is 0.0169. The van der Waals surface area contributed by atoms with E-state index < -0.39 is 9.28 Å². The third-order valence-electron chi connectivity index (χ3n) is 2.55. The molecule has 0 bridgehead atoms. The lowest BCUT2D eigenvalue weighted by Gasteiger charge is -2.21. The normalized spacial score (nSPS) is 11.7. The Bertz CT molecular complexity index is 172. The monoisotopic (exact) mass is 293 g/mol. The standard InChI is InChI=1S/C13H31NO4Si/c1-5-9-17-19(18-10-6-2)11-7-8-14(12-15-3)13-16-4/h19H,5-13H2,1-4H3. The number of hydrogen-bond acceptors (Lipinski definition) is 5. The highest BCUT2D eigenvalue weighted by Gasteiger charge is 2.13. The molecule has 0 radical (unpaired) electrons. The van der Waals surface area contributed by atoms with Gasteiger partial charge in [-0.25, -0.2) is 0 Å². The summed E-state index contributed by atoms with van der Waals surface area (Å²) in [5, 5.41) is 0. The van der Waals surface area contributed by atoms with Crippen LogP contribution in [0.2, 0.25) is 6.04 Å². The van der Waals surface area contributed by atoms with Crippen molar-refractivity contribution in [2.45, 2.75) is 39.2 Å². The van der Waals surface area contributed by atoms with Crippen molar-refractivity contribution in [2.75, 3.05) is 47.4 Å². The van der Waals surface area contributed by atoms with Crippen molar-refractivity contribution in [3.8, 4) is 0 Å². The van der Waals surface area contributed by atoms with Crippen LogP contribution in [0.4, 0.5) is 0 Å². The van der Waals surface area contributed by atoms with Gasteiger partial charge in [-0.15, -0.1) is 0 Å². The third kappa shape index (κ3) is 11.5. The van der Waals surface area contributed by atoms with Crippen molar-refractivity contribution in [1.29, 1.82) is 0 Å². The summed E-state index contributed by atoms with van der Waals surface area (Å²) in [4.78, 5) is 2.13. The molecule has 6 heteroatoms. The Morgan fingerprint density at radius 2 is 1.42 bits per heavy atom. The topological polar surface area (TPSA) is 40.2 Å². The predicted octanol–water partition coefficient (Wildman–Crippen LogP) is 1.96. The molecule has 0 aliphatic carbocycles. The van der Waals surface area contributed by atoms with Gasteiger partial charge >= 0.3 is 9.28 Å². The highest BCUT2D eigenvalue weighted by Crippen LogP contribution is 2.05. The first-order valence-electron chi connectivity index (χ1n) is 7.21. The van der Waals surface area contributed by atoms with Crippen molar-refractivity contribution < 1.29 is 18.3 Å². The molecule has 0 aromatic heterocycles. The minimum atomic E-state index is -1.48. The molecule has 0 heterocycles. The fourth-order valence-corrected chi connectivity index (χ4v) is 3.67. The molecule has 0 spiro atoms. The Kier molecular flexibility index (Phi) is 14.4. The Morgan fingerprint density at radius 3 is 1.84 bits per heavy atom. The average Bonchev–Trinajstić information content (AvgIpc) is 2.41. The number of hydrogen-bond donors (Lipinski definition) is 0. The molecule has 0 rings (SSSR count). The van der Waals surface area contributed by atoms with Gasteiger partial charge in [0, 0.05) is 34.0 Å². The van der Waals surface area contributed by atoms with Gasteiger partial charge in [0.05, 0.1) is 0 Å². The first kappa shape index (κ1) is 19.0. The van der Waals surface area contributed by atoms with E-state index in [1.807, 2.05) is 0 Å². The average molecular weight is 293 g/mol. The van der Waals surface area contributed by atoms with Crippen molar-refractivity contribution in [3.63, 3.8) is 0 Å². The molecule has 0 saturated heterocycles.